The summed E-state index contributed by atoms with van der Waals surface area (Å²) >= 11 is 1.40. The molecule has 1 fully saturated rings. The minimum absolute atomic E-state index is 0.0848. The highest BCUT2D eigenvalue weighted by molar-refractivity contribution is 7.89. The summed E-state index contributed by atoms with van der Waals surface area (Å²) in [4.78, 5) is 27.8. The number of Topliss-reactive ketones (excluding diaryl/α,β-unsaturated/α-hetero) is 1. The molecule has 10 heteroatoms. The van der Waals surface area contributed by atoms with Crippen LogP contribution in [0.5, 0.6) is 0 Å². The molecule has 30 heavy (non-hydrogen) atoms. The van der Waals surface area contributed by atoms with Gasteiger partial charge in [-0.2, -0.15) is 9.40 Å². The van der Waals surface area contributed by atoms with Crippen LogP contribution < -0.4 is 0 Å². The highest BCUT2D eigenvalue weighted by atomic mass is 32.2. The second kappa shape index (κ2) is 7.60. The van der Waals surface area contributed by atoms with Crippen molar-refractivity contribution in [1.82, 2.24) is 19.0 Å². The molecule has 1 aromatic carbocycles. The number of carbonyl (C=O) groups is 2. The van der Waals surface area contributed by atoms with E-state index in [1.54, 1.807) is 9.58 Å². The van der Waals surface area contributed by atoms with E-state index in [4.69, 9.17) is 0 Å². The van der Waals surface area contributed by atoms with Crippen LogP contribution in [-0.2, 0) is 17.1 Å². The van der Waals surface area contributed by atoms with Gasteiger partial charge in [-0.3, -0.25) is 14.3 Å². The highest BCUT2D eigenvalue weighted by Gasteiger charge is 2.31. The lowest BCUT2D eigenvalue weighted by Crippen LogP contribution is -2.50. The van der Waals surface area contributed by atoms with Gasteiger partial charge in [0.05, 0.1) is 15.5 Å². The molecule has 1 amide bonds. The number of ketones is 1. The topological polar surface area (TPSA) is 92.6 Å². The number of aryl methyl sites for hydroxylation is 2. The van der Waals surface area contributed by atoms with Gasteiger partial charge in [-0.1, -0.05) is 12.1 Å². The molecule has 1 aliphatic rings. The van der Waals surface area contributed by atoms with Gasteiger partial charge in [0.15, 0.2) is 5.78 Å². The van der Waals surface area contributed by atoms with E-state index < -0.39 is 10.0 Å². The van der Waals surface area contributed by atoms with Gasteiger partial charge in [-0.25, -0.2) is 8.42 Å². The lowest BCUT2D eigenvalue weighted by molar-refractivity contribution is 0.0702. The lowest BCUT2D eigenvalue weighted by atomic mass is 10.2. The number of thiophene rings is 1. The van der Waals surface area contributed by atoms with E-state index in [-0.39, 0.29) is 29.7 Å². The molecule has 2 aromatic heterocycles. The molecule has 0 spiro atoms. The zero-order valence-corrected chi connectivity index (χ0v) is 18.6. The Kier molecular flexibility index (Phi) is 5.25. The third-order valence-electron chi connectivity index (χ3n) is 5.33. The predicted molar refractivity (Wildman–Crippen MR) is 114 cm³/mol. The van der Waals surface area contributed by atoms with Crippen LogP contribution in [0.1, 0.15) is 32.6 Å². The minimum atomic E-state index is -3.67. The zero-order chi connectivity index (χ0) is 21.6. The molecule has 3 heterocycles. The number of fused-ring (bicyclic) bond motifs is 1. The van der Waals surface area contributed by atoms with Crippen LogP contribution >= 0.6 is 11.3 Å². The van der Waals surface area contributed by atoms with E-state index in [9.17, 15) is 18.0 Å². The van der Waals surface area contributed by atoms with Crippen LogP contribution in [0.25, 0.3) is 10.2 Å². The highest BCUT2D eigenvalue weighted by Crippen LogP contribution is 2.29. The molecular weight excluding hydrogens is 424 g/mol. The van der Waals surface area contributed by atoms with Gasteiger partial charge in [0.25, 0.3) is 5.91 Å². The van der Waals surface area contributed by atoms with Crippen molar-refractivity contribution in [3.05, 3.63) is 46.5 Å². The number of amides is 1. The molecule has 1 aliphatic heterocycles. The Morgan fingerprint density at radius 2 is 1.70 bits per heavy atom. The van der Waals surface area contributed by atoms with E-state index in [0.29, 0.717) is 23.5 Å². The maximum atomic E-state index is 12.9. The van der Waals surface area contributed by atoms with Crippen molar-refractivity contribution in [3.63, 3.8) is 0 Å². The number of sulfonamides is 1. The van der Waals surface area contributed by atoms with Crippen molar-refractivity contribution in [2.45, 2.75) is 18.7 Å². The molecule has 158 valence electrons. The summed E-state index contributed by atoms with van der Waals surface area (Å²) in [5, 5.41) is 5.33. The number of hydrogen-bond acceptors (Lipinski definition) is 6. The van der Waals surface area contributed by atoms with E-state index >= 15 is 0 Å². The molecule has 0 N–H and O–H groups in total. The van der Waals surface area contributed by atoms with E-state index in [1.807, 2.05) is 20.0 Å². The molecule has 0 aliphatic carbocycles. The number of carbonyl (C=O) groups excluding carboxylic acids is 2. The molecule has 0 unspecified atom stereocenters. The summed E-state index contributed by atoms with van der Waals surface area (Å²) in [6, 6.07) is 7.82. The third-order valence-corrected chi connectivity index (χ3v) is 8.43. The number of rotatable bonds is 4. The van der Waals surface area contributed by atoms with Gasteiger partial charge < -0.3 is 4.90 Å². The first-order valence-corrected chi connectivity index (χ1v) is 11.8. The van der Waals surface area contributed by atoms with Crippen LogP contribution in [0.15, 0.2) is 35.2 Å². The quantitative estimate of drug-likeness (QED) is 0.574. The molecular formula is C20H22N4O4S2. The normalized spacial score (nSPS) is 15.6. The Bertz CT molecular complexity index is 1200. The van der Waals surface area contributed by atoms with Gasteiger partial charge in [0.1, 0.15) is 4.83 Å². The maximum Gasteiger partial charge on any atom is 0.264 e. The first-order valence-electron chi connectivity index (χ1n) is 9.52. The largest absolute Gasteiger partial charge is 0.335 e. The van der Waals surface area contributed by atoms with Crippen molar-refractivity contribution >= 4 is 43.3 Å². The average molecular weight is 447 g/mol. The maximum absolute atomic E-state index is 12.9. The first-order chi connectivity index (χ1) is 14.2. The Labute approximate surface area is 178 Å². The summed E-state index contributed by atoms with van der Waals surface area (Å²) in [5.41, 5.74) is 1.35. The van der Waals surface area contributed by atoms with Gasteiger partial charge in [0.2, 0.25) is 10.0 Å². The molecule has 8 nitrogen and oxygen atoms in total. The summed E-state index contributed by atoms with van der Waals surface area (Å²) < 4.78 is 29.0. The molecule has 0 radical (unpaired) electrons. The van der Waals surface area contributed by atoms with Crippen molar-refractivity contribution in [1.29, 1.82) is 0 Å². The van der Waals surface area contributed by atoms with Crippen LogP contribution in [0.4, 0.5) is 0 Å². The van der Waals surface area contributed by atoms with Gasteiger partial charge in [-0.15, -0.1) is 11.3 Å². The van der Waals surface area contributed by atoms with Gasteiger partial charge in [0, 0.05) is 44.2 Å². The molecule has 0 saturated carbocycles. The monoisotopic (exact) mass is 446 g/mol. The fourth-order valence-electron chi connectivity index (χ4n) is 3.61. The average Bonchev–Trinajstić information content (AvgIpc) is 3.29. The van der Waals surface area contributed by atoms with Crippen LogP contribution in [-0.4, -0.2) is 65.3 Å². The Balaban J connectivity index is 1.46. The number of aromatic nitrogens is 2. The van der Waals surface area contributed by atoms with Crippen molar-refractivity contribution < 1.29 is 18.0 Å². The lowest BCUT2D eigenvalue weighted by Gasteiger charge is -2.33. The van der Waals surface area contributed by atoms with Gasteiger partial charge >= 0.3 is 0 Å². The third kappa shape index (κ3) is 3.55. The van der Waals surface area contributed by atoms with Gasteiger partial charge in [-0.05, 0) is 32.0 Å². The molecule has 1 saturated heterocycles. The van der Waals surface area contributed by atoms with Crippen LogP contribution in [0.2, 0.25) is 0 Å². The van der Waals surface area contributed by atoms with E-state index in [1.165, 1.54) is 46.8 Å². The Morgan fingerprint density at radius 1 is 1.07 bits per heavy atom. The first kappa shape index (κ1) is 20.7. The fourth-order valence-corrected chi connectivity index (χ4v) is 6.12. The standard InChI is InChI=1S/C20H22N4O4S2/c1-13-17-12-18(29-20(17)22(3)21-13)19(26)23-8-10-24(11-9-23)30(27,28)16-6-4-15(5-7-16)14(2)25/h4-7,12H,8-11H2,1-3H3. The van der Waals surface area contributed by atoms with Crippen molar-refractivity contribution in [2.75, 3.05) is 26.2 Å². The number of piperazine rings is 1. The second-order valence-corrected chi connectivity index (χ2v) is 10.3. The van der Waals surface area contributed by atoms with E-state index in [0.717, 1.165) is 15.9 Å². The smallest absolute Gasteiger partial charge is 0.264 e. The van der Waals surface area contributed by atoms with Crippen LogP contribution in [0.3, 0.4) is 0 Å². The van der Waals surface area contributed by atoms with Crippen LogP contribution in [0, 0.1) is 6.92 Å². The summed E-state index contributed by atoms with van der Waals surface area (Å²) in [6.45, 7) is 4.47. The molecule has 3 aromatic rings. The van der Waals surface area contributed by atoms with Crippen molar-refractivity contribution in [3.8, 4) is 0 Å². The Morgan fingerprint density at radius 3 is 2.27 bits per heavy atom. The van der Waals surface area contributed by atoms with Crippen molar-refractivity contribution in [2.24, 2.45) is 7.05 Å². The zero-order valence-electron chi connectivity index (χ0n) is 17.0. The SMILES string of the molecule is CC(=O)c1ccc(S(=O)(=O)N2CCN(C(=O)c3cc4c(C)nn(C)c4s3)CC2)cc1. The molecule has 0 bridgehead atoms. The molecule has 4 rings (SSSR count). The number of nitrogens with zero attached hydrogens (tertiary/aromatic N) is 4. The number of hydrogen-bond donors (Lipinski definition) is 0. The van der Waals surface area contributed by atoms with E-state index in [2.05, 4.69) is 5.10 Å². The molecule has 0 atom stereocenters. The summed E-state index contributed by atoms with van der Waals surface area (Å²) in [7, 11) is -1.81. The Hall–Kier alpha value is -2.56. The second-order valence-electron chi connectivity index (χ2n) is 7.32. The number of benzene rings is 1. The fraction of sp³-hybridized carbons (Fsp3) is 0.350. The summed E-state index contributed by atoms with van der Waals surface area (Å²) in [5.74, 6) is -0.197. The summed E-state index contributed by atoms with van der Waals surface area (Å²) in [6.07, 6.45) is 0. The predicted octanol–water partition coefficient (Wildman–Crippen LogP) is 2.29. The minimum Gasteiger partial charge on any atom is -0.335 e.